The molecule has 0 atom stereocenters. The van der Waals surface area contributed by atoms with Gasteiger partial charge in [-0.2, -0.15) is 0 Å². The first-order chi connectivity index (χ1) is 4.06. The summed E-state index contributed by atoms with van der Waals surface area (Å²) in [5.41, 5.74) is 0. The van der Waals surface area contributed by atoms with Crippen molar-refractivity contribution in [1.82, 2.24) is 0 Å². The topological polar surface area (TPSA) is 0 Å². The molecule has 0 bridgehead atoms. The van der Waals surface area contributed by atoms with Crippen LogP contribution in [0.1, 0.15) is 12.3 Å². The molecule has 0 spiro atoms. The number of rotatable bonds is 0. The summed E-state index contributed by atoms with van der Waals surface area (Å²) in [6.07, 6.45) is 1.72. The van der Waals surface area contributed by atoms with E-state index in [1.54, 1.807) is 6.40 Å². The molecule has 0 fully saturated rings. The summed E-state index contributed by atoms with van der Waals surface area (Å²) in [6, 6.07) is 0. The van der Waals surface area contributed by atoms with Crippen LogP contribution in [0.25, 0.3) is 0 Å². The quantitative estimate of drug-likeness (QED) is 0.365. The molecule has 0 saturated carbocycles. The van der Waals surface area contributed by atoms with Crippen LogP contribution in [0.5, 0.6) is 0 Å². The third-order valence-electron chi connectivity index (χ3n) is 0.125. The van der Waals surface area contributed by atoms with Crippen LogP contribution in [-0.4, -0.2) is 0 Å². The zero-order valence-corrected chi connectivity index (χ0v) is 2.50. The fourth-order valence-corrected chi connectivity index (χ4v) is 0.0312. The van der Waals surface area contributed by atoms with Crippen molar-refractivity contribution < 1.29 is 5.48 Å². The van der Waals surface area contributed by atoms with Gasteiger partial charge in [0, 0.05) is 4.11 Å². The van der Waals surface area contributed by atoms with E-state index in [4.69, 9.17) is 5.48 Å². The van der Waals surface area contributed by atoms with Gasteiger partial charge in [0.25, 0.3) is 0 Å². The summed E-state index contributed by atoms with van der Waals surface area (Å²) in [5.74, 6) is 5.89. The summed E-state index contributed by atoms with van der Waals surface area (Å²) < 4.78 is 25.9. The zero-order chi connectivity index (χ0) is 7.33. The SMILES string of the molecule is [2H]C#CC#CC([2H])([2H])[2H]. The predicted octanol–water partition coefficient (Wildman–Crippen LogP) is 0.643. The van der Waals surface area contributed by atoms with E-state index in [2.05, 4.69) is 0 Å². The zero-order valence-electron chi connectivity index (χ0n) is 6.50. The van der Waals surface area contributed by atoms with Crippen LogP contribution < -0.4 is 0 Å². The van der Waals surface area contributed by atoms with Gasteiger partial charge >= 0.3 is 0 Å². The fraction of sp³-hybridized carbons (Fsp3) is 0.200. The van der Waals surface area contributed by atoms with Crippen molar-refractivity contribution >= 4 is 0 Å². The van der Waals surface area contributed by atoms with Gasteiger partial charge in [-0.05, 0) is 18.7 Å². The molecule has 0 amide bonds. The van der Waals surface area contributed by atoms with Crippen molar-refractivity contribution in [2.45, 2.75) is 6.85 Å². The minimum absolute atomic E-state index is 1.72. The highest BCUT2D eigenvalue weighted by Crippen LogP contribution is 1.41. The van der Waals surface area contributed by atoms with E-state index in [9.17, 15) is 0 Å². The molecule has 0 aliphatic heterocycles. The normalized spacial score (nSPS) is 16.0. The molecule has 0 heteroatoms. The third kappa shape index (κ3) is 3.12. The molecule has 0 radical (unpaired) electrons. The summed E-state index contributed by atoms with van der Waals surface area (Å²) in [6.45, 7) is -2.25. The van der Waals surface area contributed by atoms with E-state index >= 15 is 0 Å². The fourth-order valence-electron chi connectivity index (χ4n) is 0.0312. The Morgan fingerprint density at radius 2 is 3.20 bits per heavy atom. The lowest BCUT2D eigenvalue weighted by Gasteiger charge is -1.42. The van der Waals surface area contributed by atoms with Gasteiger partial charge in [-0.1, -0.05) is 5.92 Å². The molecule has 0 heterocycles. The summed E-state index contributed by atoms with van der Waals surface area (Å²) >= 11 is 0. The number of hydrogen-bond donors (Lipinski definition) is 0. The van der Waals surface area contributed by atoms with Crippen molar-refractivity contribution in [2.75, 3.05) is 0 Å². The molecule has 0 saturated heterocycles. The second-order valence-corrected chi connectivity index (χ2v) is 0.375. The van der Waals surface area contributed by atoms with Gasteiger partial charge in [-0.15, -0.1) is 6.40 Å². The van der Waals surface area contributed by atoms with Crippen molar-refractivity contribution in [3.8, 4) is 24.2 Å². The molecule has 0 aromatic carbocycles. The van der Waals surface area contributed by atoms with E-state index in [-0.39, 0.29) is 0 Å². The van der Waals surface area contributed by atoms with Gasteiger partial charge in [0.2, 0.25) is 0 Å². The lowest BCUT2D eigenvalue weighted by Crippen LogP contribution is -1.36. The van der Waals surface area contributed by atoms with Gasteiger partial charge in [-0.3, -0.25) is 0 Å². The second kappa shape index (κ2) is 3.12. The minimum Gasteiger partial charge on any atom is -0.106 e. The molecule has 0 aliphatic carbocycles. The minimum atomic E-state index is -2.25. The number of terminal acetylenes is 1. The Morgan fingerprint density at radius 3 is 3.80 bits per heavy atom. The van der Waals surface area contributed by atoms with Crippen LogP contribution in [0.3, 0.4) is 0 Å². The van der Waals surface area contributed by atoms with Gasteiger partial charge < -0.3 is 0 Å². The molecule has 24 valence electrons. The first-order valence-corrected chi connectivity index (χ1v) is 1.00. The first-order valence-electron chi connectivity index (χ1n) is 3.00. The highest BCUT2D eigenvalue weighted by molar-refractivity contribution is 5.20. The van der Waals surface area contributed by atoms with Crippen LogP contribution >= 0.6 is 0 Å². The van der Waals surface area contributed by atoms with Gasteiger partial charge in [0.05, 0.1) is 0 Å². The summed E-state index contributed by atoms with van der Waals surface area (Å²) in [4.78, 5) is 0. The van der Waals surface area contributed by atoms with Crippen LogP contribution in [0.2, 0.25) is 0 Å². The summed E-state index contributed by atoms with van der Waals surface area (Å²) in [5, 5.41) is 0. The van der Waals surface area contributed by atoms with E-state index in [0.29, 0.717) is 0 Å². The third-order valence-corrected chi connectivity index (χ3v) is 0.125. The number of hydrogen-bond acceptors (Lipinski definition) is 0. The monoisotopic (exact) mass is 68.1 g/mol. The molecule has 0 unspecified atom stereocenters. The van der Waals surface area contributed by atoms with Gasteiger partial charge in [0.15, 0.2) is 0 Å². The molecule has 5 heavy (non-hydrogen) atoms. The molecule has 0 N–H and O–H groups in total. The van der Waals surface area contributed by atoms with Crippen LogP contribution in [0.4, 0.5) is 0 Å². The van der Waals surface area contributed by atoms with E-state index in [1.807, 2.05) is 17.8 Å². The van der Waals surface area contributed by atoms with E-state index in [1.165, 1.54) is 0 Å². The van der Waals surface area contributed by atoms with Crippen molar-refractivity contribution in [3.63, 3.8) is 0 Å². The van der Waals surface area contributed by atoms with Crippen LogP contribution in [-0.2, 0) is 0 Å². The Bertz CT molecular complexity index is 191. The van der Waals surface area contributed by atoms with Crippen molar-refractivity contribution in [1.29, 1.82) is 0 Å². The Kier molecular flexibility index (Phi) is 0.494. The van der Waals surface area contributed by atoms with Crippen molar-refractivity contribution in [2.24, 2.45) is 0 Å². The Hall–Kier alpha value is -0.880. The van der Waals surface area contributed by atoms with Crippen LogP contribution in [0.15, 0.2) is 0 Å². The molecule has 0 aromatic rings. The molecular weight excluding hydrogens is 60.1 g/mol. The first kappa shape index (κ1) is 0.791. The Morgan fingerprint density at radius 1 is 2.20 bits per heavy atom. The standard InChI is InChI=1S/C5H4/c1-3-5-4-2/h1H,2H3/i1D,2D3. The van der Waals surface area contributed by atoms with Crippen LogP contribution in [0, 0.1) is 24.2 Å². The Labute approximate surface area is 37.8 Å². The lowest BCUT2D eigenvalue weighted by atomic mass is 10.6. The second-order valence-electron chi connectivity index (χ2n) is 0.375. The molecule has 0 aliphatic rings. The predicted molar refractivity (Wildman–Crippen MR) is 22.3 cm³/mol. The average molecular weight is 68.1 g/mol. The van der Waals surface area contributed by atoms with E-state index in [0.717, 1.165) is 0 Å². The maximum atomic E-state index is 6.54. The maximum Gasteiger partial charge on any atom is 0.125 e. The lowest BCUT2D eigenvalue weighted by molar-refractivity contribution is 1.92. The maximum absolute atomic E-state index is 6.54. The molecular formula is C5H4. The smallest absolute Gasteiger partial charge is 0.106 e. The van der Waals surface area contributed by atoms with Gasteiger partial charge in [-0.25, -0.2) is 0 Å². The average Bonchev–Trinajstić information content (AvgIpc) is 1.63. The highest BCUT2D eigenvalue weighted by Gasteiger charge is 1.35. The summed E-state index contributed by atoms with van der Waals surface area (Å²) in [7, 11) is 0. The van der Waals surface area contributed by atoms with Crippen molar-refractivity contribution in [3.05, 3.63) is 0 Å². The molecule has 0 aromatic heterocycles. The Balaban J connectivity index is 3.99. The molecule has 0 rings (SSSR count). The van der Waals surface area contributed by atoms with E-state index < -0.39 is 6.85 Å². The molecule has 0 nitrogen and oxygen atoms in total. The van der Waals surface area contributed by atoms with Gasteiger partial charge in [0.1, 0.15) is 1.37 Å². The largest absolute Gasteiger partial charge is 0.125 e. The highest BCUT2D eigenvalue weighted by atomic mass is 13.4.